The fraction of sp³-hybridized carbons (Fsp3) is 0.348. The van der Waals surface area contributed by atoms with E-state index >= 15 is 0 Å². The van der Waals surface area contributed by atoms with Gasteiger partial charge in [-0.1, -0.05) is 11.6 Å². The van der Waals surface area contributed by atoms with Gasteiger partial charge in [0.25, 0.3) is 5.56 Å². The lowest BCUT2D eigenvalue weighted by Crippen LogP contribution is -2.34. The van der Waals surface area contributed by atoms with Crippen LogP contribution in [-0.2, 0) is 4.74 Å². The van der Waals surface area contributed by atoms with Crippen LogP contribution in [0.5, 0.6) is 0 Å². The lowest BCUT2D eigenvalue weighted by molar-refractivity contribution is 0.0334. The number of halogens is 1. The standard InChI is InChI=1S/C23H23ClN6O3/c1-13-10-15(14(2)33-23(32)19-17(26)6-7-18(24)27-19)21-28-20(29-8-4-3-5-9-29)16(11-25)22(31)30(21)12-13/h6-7,10,12,14H,3-5,8-9,26H2,1-2H3/t14-/m0/s1. The van der Waals surface area contributed by atoms with Crippen molar-refractivity contribution in [2.75, 3.05) is 23.7 Å². The molecular weight excluding hydrogens is 444 g/mol. The number of nitrogens with two attached hydrogens (primary N) is 1. The van der Waals surface area contributed by atoms with E-state index in [1.54, 1.807) is 19.2 Å². The van der Waals surface area contributed by atoms with Gasteiger partial charge in [0.2, 0.25) is 0 Å². The van der Waals surface area contributed by atoms with Crippen molar-refractivity contribution in [3.05, 3.63) is 62.3 Å². The number of aryl methyl sites for hydroxylation is 1. The molecule has 0 radical (unpaired) electrons. The molecule has 2 N–H and O–H groups in total. The maximum Gasteiger partial charge on any atom is 0.359 e. The highest BCUT2D eigenvalue weighted by Crippen LogP contribution is 2.27. The van der Waals surface area contributed by atoms with Crippen LogP contribution in [0.1, 0.15) is 59.5 Å². The van der Waals surface area contributed by atoms with E-state index in [0.717, 1.165) is 37.9 Å². The summed E-state index contributed by atoms with van der Waals surface area (Å²) in [6.45, 7) is 4.94. The van der Waals surface area contributed by atoms with Crippen LogP contribution in [0.25, 0.3) is 5.65 Å². The van der Waals surface area contributed by atoms with Crippen LogP contribution < -0.4 is 16.2 Å². The first-order valence-corrected chi connectivity index (χ1v) is 11.0. The van der Waals surface area contributed by atoms with Gasteiger partial charge in [0.1, 0.15) is 23.0 Å². The van der Waals surface area contributed by atoms with Crippen molar-refractivity contribution in [3.8, 4) is 6.07 Å². The minimum Gasteiger partial charge on any atom is -0.453 e. The smallest absolute Gasteiger partial charge is 0.359 e. The fourth-order valence-corrected chi connectivity index (χ4v) is 4.16. The van der Waals surface area contributed by atoms with Crippen LogP contribution >= 0.6 is 11.6 Å². The number of nitriles is 1. The van der Waals surface area contributed by atoms with Gasteiger partial charge in [-0.25, -0.2) is 14.8 Å². The molecule has 0 amide bonds. The molecule has 1 fully saturated rings. The summed E-state index contributed by atoms with van der Waals surface area (Å²) in [4.78, 5) is 36.6. The average molecular weight is 467 g/mol. The Morgan fingerprint density at radius 2 is 2.00 bits per heavy atom. The summed E-state index contributed by atoms with van der Waals surface area (Å²) in [5.41, 5.74) is 7.08. The molecule has 0 aromatic carbocycles. The summed E-state index contributed by atoms with van der Waals surface area (Å²) in [7, 11) is 0. The van der Waals surface area contributed by atoms with Crippen molar-refractivity contribution >= 4 is 34.7 Å². The van der Waals surface area contributed by atoms with Gasteiger partial charge >= 0.3 is 5.97 Å². The fourth-order valence-electron chi connectivity index (χ4n) is 4.02. The second kappa shape index (κ2) is 9.08. The number of ether oxygens (including phenoxy) is 1. The summed E-state index contributed by atoms with van der Waals surface area (Å²) in [5, 5.41) is 9.82. The first kappa shape index (κ1) is 22.6. The summed E-state index contributed by atoms with van der Waals surface area (Å²) in [5.74, 6) is -0.374. The van der Waals surface area contributed by atoms with Crippen molar-refractivity contribution in [1.29, 1.82) is 5.26 Å². The van der Waals surface area contributed by atoms with E-state index in [0.29, 0.717) is 17.0 Å². The number of carbonyl (C=O) groups excluding carboxylic acids is 1. The van der Waals surface area contributed by atoms with Crippen LogP contribution in [0.3, 0.4) is 0 Å². The quantitative estimate of drug-likeness (QED) is 0.457. The maximum absolute atomic E-state index is 13.2. The summed E-state index contributed by atoms with van der Waals surface area (Å²) < 4.78 is 6.97. The summed E-state index contributed by atoms with van der Waals surface area (Å²) in [6.07, 6.45) is 3.88. The third kappa shape index (κ3) is 4.34. The van der Waals surface area contributed by atoms with Crippen LogP contribution in [-0.4, -0.2) is 33.4 Å². The molecule has 4 heterocycles. The Labute approximate surface area is 195 Å². The number of esters is 1. The first-order chi connectivity index (χ1) is 15.8. The summed E-state index contributed by atoms with van der Waals surface area (Å²) in [6, 6.07) is 6.80. The maximum atomic E-state index is 13.2. The van der Waals surface area contributed by atoms with Crippen molar-refractivity contribution in [2.24, 2.45) is 0 Å². The highest BCUT2D eigenvalue weighted by molar-refractivity contribution is 6.29. The normalized spacial score (nSPS) is 14.7. The molecule has 1 aliphatic heterocycles. The Kier molecular flexibility index (Phi) is 6.20. The molecule has 0 unspecified atom stereocenters. The van der Waals surface area contributed by atoms with Gasteiger partial charge in [0, 0.05) is 24.8 Å². The number of fused-ring (bicyclic) bond motifs is 1. The van der Waals surface area contributed by atoms with Gasteiger partial charge < -0.3 is 15.4 Å². The molecule has 3 aromatic heterocycles. The lowest BCUT2D eigenvalue weighted by atomic mass is 10.1. The number of anilines is 2. The number of nitrogens with zero attached hydrogens (tertiary/aromatic N) is 5. The molecule has 10 heteroatoms. The minimum absolute atomic E-state index is 0.00602. The van der Waals surface area contributed by atoms with Crippen molar-refractivity contribution in [1.82, 2.24) is 14.4 Å². The molecule has 0 aliphatic carbocycles. The van der Waals surface area contributed by atoms with E-state index in [2.05, 4.69) is 4.98 Å². The van der Waals surface area contributed by atoms with Crippen molar-refractivity contribution in [2.45, 2.75) is 39.2 Å². The number of aromatic nitrogens is 3. The lowest BCUT2D eigenvalue weighted by Gasteiger charge is -2.28. The van der Waals surface area contributed by atoms with Crippen LogP contribution in [0.2, 0.25) is 5.15 Å². The highest BCUT2D eigenvalue weighted by Gasteiger charge is 2.25. The number of nitrogen functional groups attached to an aromatic ring is 1. The molecule has 33 heavy (non-hydrogen) atoms. The second-order valence-electron chi connectivity index (χ2n) is 8.06. The van der Waals surface area contributed by atoms with E-state index in [4.69, 9.17) is 27.1 Å². The van der Waals surface area contributed by atoms with E-state index in [9.17, 15) is 14.9 Å². The highest BCUT2D eigenvalue weighted by atomic mass is 35.5. The largest absolute Gasteiger partial charge is 0.453 e. The average Bonchev–Trinajstić information content (AvgIpc) is 2.81. The van der Waals surface area contributed by atoms with Crippen LogP contribution in [0, 0.1) is 18.3 Å². The Bertz CT molecular complexity index is 1340. The van der Waals surface area contributed by atoms with Crippen molar-refractivity contribution in [3.63, 3.8) is 0 Å². The third-order valence-electron chi connectivity index (χ3n) is 5.65. The zero-order valence-corrected chi connectivity index (χ0v) is 19.1. The molecule has 1 atom stereocenters. The number of hydrogen-bond acceptors (Lipinski definition) is 8. The zero-order valence-electron chi connectivity index (χ0n) is 18.3. The predicted molar refractivity (Wildman–Crippen MR) is 124 cm³/mol. The number of rotatable bonds is 4. The molecule has 0 spiro atoms. The molecule has 3 aromatic rings. The number of pyridine rings is 2. The molecule has 1 aliphatic rings. The number of carbonyl (C=O) groups is 1. The molecular formula is C23H23ClN6O3. The Balaban J connectivity index is 1.80. The Morgan fingerprint density at radius 1 is 1.27 bits per heavy atom. The Hall–Kier alpha value is -3.64. The van der Waals surface area contributed by atoms with Gasteiger partial charge in [-0.3, -0.25) is 9.20 Å². The van der Waals surface area contributed by atoms with Gasteiger partial charge in [0.15, 0.2) is 17.1 Å². The minimum atomic E-state index is -0.776. The molecule has 4 rings (SSSR count). The predicted octanol–water partition coefficient (Wildman–Crippen LogP) is 3.41. The molecule has 1 saturated heterocycles. The van der Waals surface area contributed by atoms with Gasteiger partial charge in [0.05, 0.1) is 5.69 Å². The third-order valence-corrected chi connectivity index (χ3v) is 5.86. The number of hydrogen-bond donors (Lipinski definition) is 1. The zero-order chi connectivity index (χ0) is 23.7. The molecule has 0 saturated carbocycles. The van der Waals surface area contributed by atoms with Crippen molar-refractivity contribution < 1.29 is 9.53 Å². The van der Waals surface area contributed by atoms with Gasteiger partial charge in [-0.2, -0.15) is 5.26 Å². The van der Waals surface area contributed by atoms with Crippen LogP contribution in [0.15, 0.2) is 29.2 Å². The molecule has 170 valence electrons. The Morgan fingerprint density at radius 3 is 2.70 bits per heavy atom. The first-order valence-electron chi connectivity index (χ1n) is 10.6. The summed E-state index contributed by atoms with van der Waals surface area (Å²) >= 11 is 5.90. The van der Waals surface area contributed by atoms with E-state index in [-0.39, 0.29) is 22.1 Å². The van der Waals surface area contributed by atoms with Gasteiger partial charge in [-0.05, 0) is 56.9 Å². The topological polar surface area (TPSA) is 127 Å². The van der Waals surface area contributed by atoms with E-state index in [1.807, 2.05) is 17.9 Å². The monoisotopic (exact) mass is 466 g/mol. The SMILES string of the molecule is Cc1cc([C@H](C)OC(=O)c2nc(Cl)ccc2N)c2nc(N3CCCCC3)c(C#N)c(=O)n2c1. The molecule has 0 bridgehead atoms. The molecule has 9 nitrogen and oxygen atoms in total. The van der Waals surface area contributed by atoms with Gasteiger partial charge in [-0.15, -0.1) is 0 Å². The van der Waals surface area contributed by atoms with E-state index < -0.39 is 17.6 Å². The van der Waals surface area contributed by atoms with Crippen LogP contribution in [0.4, 0.5) is 11.5 Å². The second-order valence-corrected chi connectivity index (χ2v) is 8.45. The van der Waals surface area contributed by atoms with E-state index in [1.165, 1.54) is 16.5 Å². The number of piperidine rings is 1.